The number of ether oxygens (including phenoxy) is 1. The maximum atomic E-state index is 5.95. The van der Waals surface area contributed by atoms with Crippen molar-refractivity contribution in [1.82, 2.24) is 19.9 Å². The fourth-order valence-electron chi connectivity index (χ4n) is 3.75. The number of nitrogens with zero attached hydrogens (tertiary/aromatic N) is 5. The molecule has 4 heterocycles. The lowest BCUT2D eigenvalue weighted by molar-refractivity contribution is -0.0761. The van der Waals surface area contributed by atoms with E-state index in [-0.39, 0.29) is 5.60 Å². The zero-order valence-corrected chi connectivity index (χ0v) is 15.5. The van der Waals surface area contributed by atoms with Crippen molar-refractivity contribution in [3.8, 4) is 0 Å². The van der Waals surface area contributed by atoms with Crippen LogP contribution in [-0.4, -0.2) is 52.6 Å². The topological polar surface area (TPSA) is 54.4 Å². The molecule has 2 aliphatic heterocycles. The third kappa shape index (κ3) is 3.86. The second-order valence-corrected chi connectivity index (χ2v) is 7.40. The summed E-state index contributed by atoms with van der Waals surface area (Å²) in [6, 6.07) is 6.09. The Morgan fingerprint density at radius 1 is 1.04 bits per heavy atom. The minimum Gasteiger partial charge on any atom is -0.367 e. The number of piperazine rings is 1. The molecule has 2 saturated heterocycles. The molecule has 0 aliphatic carbocycles. The van der Waals surface area contributed by atoms with Gasteiger partial charge in [-0.1, -0.05) is 6.07 Å². The lowest BCUT2D eigenvalue weighted by atomic mass is 9.95. The van der Waals surface area contributed by atoms with Gasteiger partial charge in [-0.05, 0) is 38.3 Å². The van der Waals surface area contributed by atoms with Gasteiger partial charge in [0.05, 0.1) is 0 Å². The minimum atomic E-state index is -0.314. The molecule has 2 aliphatic rings. The fourth-order valence-corrected chi connectivity index (χ4v) is 3.75. The predicted molar refractivity (Wildman–Crippen MR) is 101 cm³/mol. The molecule has 0 saturated carbocycles. The van der Waals surface area contributed by atoms with Crippen molar-refractivity contribution < 1.29 is 4.74 Å². The van der Waals surface area contributed by atoms with E-state index >= 15 is 0 Å². The maximum absolute atomic E-state index is 5.95. The molecular weight excluding hydrogens is 326 g/mol. The Hall–Kier alpha value is -2.05. The molecule has 0 unspecified atom stereocenters. The molecule has 2 aromatic heterocycles. The van der Waals surface area contributed by atoms with Crippen molar-refractivity contribution in [2.24, 2.45) is 0 Å². The molecule has 4 rings (SSSR count). The van der Waals surface area contributed by atoms with Crippen LogP contribution < -0.4 is 4.90 Å². The normalized spacial score (nSPS) is 24.6. The Kier molecular flexibility index (Phi) is 5.13. The van der Waals surface area contributed by atoms with Crippen molar-refractivity contribution in [2.45, 2.75) is 38.3 Å². The smallest absolute Gasteiger partial charge is 0.159 e. The Morgan fingerprint density at radius 3 is 2.50 bits per heavy atom. The summed E-state index contributed by atoms with van der Waals surface area (Å²) < 4.78 is 5.95. The Morgan fingerprint density at radius 2 is 1.85 bits per heavy atom. The zero-order valence-electron chi connectivity index (χ0n) is 15.5. The third-order valence-corrected chi connectivity index (χ3v) is 5.40. The van der Waals surface area contributed by atoms with Crippen LogP contribution in [0.3, 0.4) is 0 Å². The summed E-state index contributed by atoms with van der Waals surface area (Å²) in [6.45, 7) is 7.87. The van der Waals surface area contributed by atoms with E-state index in [9.17, 15) is 0 Å². The molecule has 0 aromatic carbocycles. The quantitative estimate of drug-likeness (QED) is 0.842. The number of pyridine rings is 1. The van der Waals surface area contributed by atoms with Crippen LogP contribution in [0.4, 0.5) is 5.82 Å². The van der Waals surface area contributed by atoms with Gasteiger partial charge < -0.3 is 9.64 Å². The largest absolute Gasteiger partial charge is 0.367 e. The molecule has 0 spiro atoms. The summed E-state index contributed by atoms with van der Waals surface area (Å²) in [4.78, 5) is 18.5. The number of hydrogen-bond donors (Lipinski definition) is 0. The van der Waals surface area contributed by atoms with Gasteiger partial charge in [0.15, 0.2) is 5.82 Å². The van der Waals surface area contributed by atoms with Crippen LogP contribution in [0.15, 0.2) is 36.8 Å². The second-order valence-electron chi connectivity index (χ2n) is 7.40. The SMILES string of the molecule is C[C@@]1(c2ncc(CN3CCN(c4ccccn4)CC3)cn2)CCCCO1. The van der Waals surface area contributed by atoms with E-state index in [1.165, 1.54) is 12.0 Å². The second kappa shape index (κ2) is 7.68. The summed E-state index contributed by atoms with van der Waals surface area (Å²) in [5.41, 5.74) is 0.852. The standard InChI is InChI=1S/C20H27N5O/c1-20(7-3-5-13-26-20)19-22-14-17(15-23-19)16-24-9-11-25(12-10-24)18-6-2-4-8-21-18/h2,4,6,8,14-15H,3,5,7,9-13,16H2,1H3/t20-/m0/s1. The van der Waals surface area contributed by atoms with Crippen LogP contribution in [0.1, 0.15) is 37.6 Å². The molecule has 0 radical (unpaired) electrons. The summed E-state index contributed by atoms with van der Waals surface area (Å²) in [6.07, 6.45) is 9.12. The summed E-state index contributed by atoms with van der Waals surface area (Å²) in [7, 11) is 0. The van der Waals surface area contributed by atoms with E-state index in [1.807, 2.05) is 30.7 Å². The van der Waals surface area contributed by atoms with Gasteiger partial charge in [-0.3, -0.25) is 4.90 Å². The highest BCUT2D eigenvalue weighted by atomic mass is 16.5. The van der Waals surface area contributed by atoms with E-state index in [0.717, 1.165) is 63.8 Å². The Balaban J connectivity index is 1.32. The number of hydrogen-bond acceptors (Lipinski definition) is 6. The van der Waals surface area contributed by atoms with Crippen LogP contribution in [0.5, 0.6) is 0 Å². The minimum absolute atomic E-state index is 0.314. The molecule has 6 nitrogen and oxygen atoms in total. The van der Waals surface area contributed by atoms with Gasteiger partial charge in [0, 0.05) is 63.5 Å². The molecule has 0 amide bonds. The van der Waals surface area contributed by atoms with Gasteiger partial charge in [-0.15, -0.1) is 0 Å². The molecule has 138 valence electrons. The van der Waals surface area contributed by atoms with Gasteiger partial charge in [-0.25, -0.2) is 15.0 Å². The van der Waals surface area contributed by atoms with E-state index < -0.39 is 0 Å². The van der Waals surface area contributed by atoms with Crippen molar-refractivity contribution in [1.29, 1.82) is 0 Å². The van der Waals surface area contributed by atoms with Crippen LogP contribution in [0, 0.1) is 0 Å². The predicted octanol–water partition coefficient (Wildman–Crippen LogP) is 2.61. The maximum Gasteiger partial charge on any atom is 0.159 e. The molecule has 2 fully saturated rings. The highest BCUT2D eigenvalue weighted by molar-refractivity contribution is 5.38. The van der Waals surface area contributed by atoms with Gasteiger partial charge in [0.1, 0.15) is 11.4 Å². The van der Waals surface area contributed by atoms with E-state index in [0.29, 0.717) is 0 Å². The van der Waals surface area contributed by atoms with Gasteiger partial charge >= 0.3 is 0 Å². The first-order chi connectivity index (χ1) is 12.7. The van der Waals surface area contributed by atoms with Crippen molar-refractivity contribution in [3.63, 3.8) is 0 Å². The van der Waals surface area contributed by atoms with E-state index in [4.69, 9.17) is 4.74 Å². The van der Waals surface area contributed by atoms with E-state index in [1.54, 1.807) is 0 Å². The molecule has 0 bridgehead atoms. The molecule has 6 heteroatoms. The summed E-state index contributed by atoms with van der Waals surface area (Å²) >= 11 is 0. The van der Waals surface area contributed by atoms with Crippen LogP contribution in [-0.2, 0) is 16.9 Å². The van der Waals surface area contributed by atoms with E-state index in [2.05, 4.69) is 37.7 Å². The first-order valence-corrected chi connectivity index (χ1v) is 9.57. The summed E-state index contributed by atoms with van der Waals surface area (Å²) in [5.74, 6) is 1.89. The molecule has 26 heavy (non-hydrogen) atoms. The molecule has 1 atom stereocenters. The van der Waals surface area contributed by atoms with Crippen LogP contribution >= 0.6 is 0 Å². The van der Waals surface area contributed by atoms with Crippen LogP contribution in [0.25, 0.3) is 0 Å². The average Bonchev–Trinajstić information content (AvgIpc) is 2.70. The number of rotatable bonds is 4. The monoisotopic (exact) mass is 353 g/mol. The number of aromatic nitrogens is 3. The van der Waals surface area contributed by atoms with Gasteiger partial charge in [0.2, 0.25) is 0 Å². The highest BCUT2D eigenvalue weighted by Crippen LogP contribution is 2.32. The fraction of sp³-hybridized carbons (Fsp3) is 0.550. The highest BCUT2D eigenvalue weighted by Gasteiger charge is 2.32. The molecule has 0 N–H and O–H groups in total. The first kappa shape index (κ1) is 17.4. The lowest BCUT2D eigenvalue weighted by Gasteiger charge is -2.35. The molecule has 2 aromatic rings. The average molecular weight is 353 g/mol. The first-order valence-electron chi connectivity index (χ1n) is 9.57. The summed E-state index contributed by atoms with van der Waals surface area (Å²) in [5, 5.41) is 0. The van der Waals surface area contributed by atoms with Gasteiger partial charge in [0.25, 0.3) is 0 Å². The molecular formula is C20H27N5O. The van der Waals surface area contributed by atoms with Gasteiger partial charge in [-0.2, -0.15) is 0 Å². The zero-order chi connectivity index (χ0) is 17.8. The number of anilines is 1. The Bertz CT molecular complexity index is 692. The van der Waals surface area contributed by atoms with Crippen molar-refractivity contribution >= 4 is 5.82 Å². The van der Waals surface area contributed by atoms with Crippen molar-refractivity contribution in [3.05, 3.63) is 48.2 Å². The Labute approximate surface area is 155 Å². The third-order valence-electron chi connectivity index (χ3n) is 5.40. The van der Waals surface area contributed by atoms with Crippen molar-refractivity contribution in [2.75, 3.05) is 37.7 Å². The van der Waals surface area contributed by atoms with Crippen LogP contribution in [0.2, 0.25) is 0 Å². The lowest BCUT2D eigenvalue weighted by Crippen LogP contribution is -2.46.